The van der Waals surface area contributed by atoms with Gasteiger partial charge in [-0.1, -0.05) is 0 Å². The molecule has 2 aliphatic rings. The number of piperidine rings is 1. The van der Waals surface area contributed by atoms with Gasteiger partial charge in [0.15, 0.2) is 0 Å². The minimum Gasteiger partial charge on any atom is -0.376 e. The Morgan fingerprint density at radius 2 is 1.92 bits per heavy atom. The summed E-state index contributed by atoms with van der Waals surface area (Å²) in [6.07, 6.45) is 0.165. The number of imide groups is 2. The highest BCUT2D eigenvalue weighted by Crippen LogP contribution is 2.29. The molecule has 2 heterocycles. The quantitative estimate of drug-likeness (QED) is 0.604. The molecule has 3 rings (SSSR count). The molecule has 0 bridgehead atoms. The number of nitrogens with two attached hydrogens (primary N) is 1. The summed E-state index contributed by atoms with van der Waals surface area (Å²) >= 11 is 0. The van der Waals surface area contributed by atoms with Gasteiger partial charge >= 0.3 is 0 Å². The zero-order valence-corrected chi connectivity index (χ0v) is 12.5. The zero-order chi connectivity index (χ0) is 17.4. The minimum absolute atomic E-state index is 0.0647. The van der Waals surface area contributed by atoms with E-state index in [1.54, 1.807) is 6.07 Å². The van der Waals surface area contributed by atoms with Crippen LogP contribution in [0.1, 0.15) is 33.6 Å². The number of nitrogens with zero attached hydrogens (tertiary/aromatic N) is 1. The van der Waals surface area contributed by atoms with E-state index >= 15 is 0 Å². The minimum atomic E-state index is -1.00. The Hall–Kier alpha value is -3.23. The van der Waals surface area contributed by atoms with Gasteiger partial charge in [0, 0.05) is 12.1 Å². The lowest BCUT2D eigenvalue weighted by molar-refractivity contribution is -0.136. The SMILES string of the molecule is NC(=O)CNc1ccc2c(c1)C(=O)N(C1CCC(=O)NC1=O)C2=O. The maximum absolute atomic E-state index is 12.5. The summed E-state index contributed by atoms with van der Waals surface area (Å²) in [6.45, 7) is -0.113. The molecule has 1 unspecified atom stereocenters. The summed E-state index contributed by atoms with van der Waals surface area (Å²) in [4.78, 5) is 59.8. The van der Waals surface area contributed by atoms with Gasteiger partial charge < -0.3 is 11.1 Å². The van der Waals surface area contributed by atoms with Crippen LogP contribution in [-0.2, 0) is 14.4 Å². The monoisotopic (exact) mass is 330 g/mol. The van der Waals surface area contributed by atoms with Gasteiger partial charge in [-0.05, 0) is 24.6 Å². The third-order valence-corrected chi connectivity index (χ3v) is 3.91. The van der Waals surface area contributed by atoms with E-state index in [9.17, 15) is 24.0 Å². The number of amides is 5. The first-order valence-corrected chi connectivity index (χ1v) is 7.26. The van der Waals surface area contributed by atoms with Crippen molar-refractivity contribution >= 4 is 35.2 Å². The molecule has 0 aromatic heterocycles. The van der Waals surface area contributed by atoms with Crippen LogP contribution in [0.25, 0.3) is 0 Å². The molecule has 0 radical (unpaired) electrons. The molecule has 1 atom stereocenters. The van der Waals surface area contributed by atoms with Crippen molar-refractivity contribution in [2.45, 2.75) is 18.9 Å². The normalized spacial score (nSPS) is 20.0. The Labute approximate surface area is 136 Å². The van der Waals surface area contributed by atoms with E-state index in [1.165, 1.54) is 12.1 Å². The number of nitrogens with one attached hydrogen (secondary N) is 2. The number of hydrogen-bond donors (Lipinski definition) is 3. The Morgan fingerprint density at radius 1 is 1.21 bits per heavy atom. The maximum atomic E-state index is 12.5. The second-order valence-corrected chi connectivity index (χ2v) is 5.53. The van der Waals surface area contributed by atoms with Gasteiger partial charge in [0.25, 0.3) is 11.8 Å². The predicted octanol–water partition coefficient (Wildman–Crippen LogP) is -1.02. The number of rotatable bonds is 4. The fourth-order valence-electron chi connectivity index (χ4n) is 2.77. The number of hydrogen-bond acceptors (Lipinski definition) is 6. The van der Waals surface area contributed by atoms with E-state index in [-0.39, 0.29) is 30.5 Å². The first kappa shape index (κ1) is 15.7. The first-order chi connectivity index (χ1) is 11.4. The van der Waals surface area contributed by atoms with Crippen molar-refractivity contribution in [2.24, 2.45) is 5.73 Å². The van der Waals surface area contributed by atoms with Crippen LogP contribution in [0.4, 0.5) is 5.69 Å². The van der Waals surface area contributed by atoms with Crippen molar-refractivity contribution in [1.82, 2.24) is 10.2 Å². The van der Waals surface area contributed by atoms with Gasteiger partial charge in [0.05, 0.1) is 17.7 Å². The van der Waals surface area contributed by atoms with Gasteiger partial charge in [0.2, 0.25) is 17.7 Å². The largest absolute Gasteiger partial charge is 0.376 e. The number of anilines is 1. The van der Waals surface area contributed by atoms with E-state index in [1.807, 2.05) is 0 Å². The van der Waals surface area contributed by atoms with E-state index in [0.29, 0.717) is 5.69 Å². The Bertz CT molecular complexity index is 788. The lowest BCUT2D eigenvalue weighted by atomic mass is 10.0. The highest BCUT2D eigenvalue weighted by molar-refractivity contribution is 6.23. The average Bonchev–Trinajstić information content (AvgIpc) is 2.77. The van der Waals surface area contributed by atoms with Crippen LogP contribution in [0.15, 0.2) is 18.2 Å². The summed E-state index contributed by atoms with van der Waals surface area (Å²) in [5.74, 6) is -2.83. The van der Waals surface area contributed by atoms with Crippen LogP contribution in [0, 0.1) is 0 Å². The number of carbonyl (C=O) groups is 5. The van der Waals surface area contributed by atoms with Crippen LogP contribution in [0.5, 0.6) is 0 Å². The number of carbonyl (C=O) groups excluding carboxylic acids is 5. The number of benzene rings is 1. The highest BCUT2D eigenvalue weighted by atomic mass is 16.2. The van der Waals surface area contributed by atoms with E-state index in [2.05, 4.69) is 10.6 Å². The molecule has 0 spiro atoms. The molecule has 1 aromatic rings. The van der Waals surface area contributed by atoms with Gasteiger partial charge in [-0.2, -0.15) is 0 Å². The maximum Gasteiger partial charge on any atom is 0.262 e. The van der Waals surface area contributed by atoms with Crippen LogP contribution < -0.4 is 16.4 Å². The molecule has 1 fully saturated rings. The fraction of sp³-hybridized carbons (Fsp3) is 0.267. The molecule has 0 saturated carbocycles. The first-order valence-electron chi connectivity index (χ1n) is 7.26. The Balaban J connectivity index is 1.86. The topological polar surface area (TPSA) is 139 Å². The van der Waals surface area contributed by atoms with Gasteiger partial charge in [-0.25, -0.2) is 0 Å². The van der Waals surface area contributed by atoms with Gasteiger partial charge in [-0.15, -0.1) is 0 Å². The van der Waals surface area contributed by atoms with Crippen molar-refractivity contribution in [1.29, 1.82) is 0 Å². The predicted molar refractivity (Wildman–Crippen MR) is 80.8 cm³/mol. The molecule has 24 heavy (non-hydrogen) atoms. The Kier molecular flexibility index (Phi) is 3.76. The van der Waals surface area contributed by atoms with Crippen molar-refractivity contribution < 1.29 is 24.0 Å². The molecule has 9 nitrogen and oxygen atoms in total. The van der Waals surface area contributed by atoms with Crippen molar-refractivity contribution in [2.75, 3.05) is 11.9 Å². The molecule has 4 N–H and O–H groups in total. The molecule has 2 aliphatic heterocycles. The molecular weight excluding hydrogens is 316 g/mol. The van der Waals surface area contributed by atoms with E-state index < -0.39 is 35.6 Å². The van der Waals surface area contributed by atoms with Crippen LogP contribution >= 0.6 is 0 Å². The van der Waals surface area contributed by atoms with Gasteiger partial charge in [0.1, 0.15) is 6.04 Å². The van der Waals surface area contributed by atoms with E-state index in [0.717, 1.165) is 4.90 Å². The summed E-state index contributed by atoms with van der Waals surface area (Å²) in [6, 6.07) is 3.42. The third kappa shape index (κ3) is 2.60. The lowest BCUT2D eigenvalue weighted by Gasteiger charge is -2.27. The summed E-state index contributed by atoms with van der Waals surface area (Å²) in [7, 11) is 0. The van der Waals surface area contributed by atoms with Crippen molar-refractivity contribution in [3.8, 4) is 0 Å². The van der Waals surface area contributed by atoms with Gasteiger partial charge in [-0.3, -0.25) is 34.2 Å². The lowest BCUT2D eigenvalue weighted by Crippen LogP contribution is -2.54. The molecular formula is C15H14N4O5. The zero-order valence-electron chi connectivity index (χ0n) is 12.5. The standard InChI is InChI=1S/C15H14N4O5/c16-11(20)6-17-7-1-2-8-9(5-7)15(24)19(14(8)23)10-3-4-12(21)18-13(10)22/h1-2,5,10,17H,3-4,6H2,(H2,16,20)(H,18,21,22). The van der Waals surface area contributed by atoms with E-state index in [4.69, 9.17) is 5.73 Å². The molecule has 1 saturated heterocycles. The number of fused-ring (bicyclic) bond motifs is 1. The second kappa shape index (κ2) is 5.76. The summed E-state index contributed by atoms with van der Waals surface area (Å²) in [5.41, 5.74) is 5.82. The average molecular weight is 330 g/mol. The van der Waals surface area contributed by atoms with Crippen molar-refractivity contribution in [3.63, 3.8) is 0 Å². The third-order valence-electron chi connectivity index (χ3n) is 3.91. The number of primary amides is 1. The summed E-state index contributed by atoms with van der Waals surface area (Å²) < 4.78 is 0. The molecule has 0 aliphatic carbocycles. The fourth-order valence-corrected chi connectivity index (χ4v) is 2.77. The smallest absolute Gasteiger partial charge is 0.262 e. The molecule has 9 heteroatoms. The molecule has 1 aromatic carbocycles. The highest BCUT2D eigenvalue weighted by Gasteiger charge is 2.44. The van der Waals surface area contributed by atoms with Crippen LogP contribution in [0.3, 0.4) is 0 Å². The summed E-state index contributed by atoms with van der Waals surface area (Å²) in [5, 5.41) is 4.87. The van der Waals surface area contributed by atoms with Crippen LogP contribution in [-0.4, -0.2) is 47.0 Å². The Morgan fingerprint density at radius 3 is 2.58 bits per heavy atom. The molecule has 124 valence electrons. The molecule has 5 amide bonds. The van der Waals surface area contributed by atoms with Crippen LogP contribution in [0.2, 0.25) is 0 Å². The second-order valence-electron chi connectivity index (χ2n) is 5.53. The van der Waals surface area contributed by atoms with Crippen molar-refractivity contribution in [3.05, 3.63) is 29.3 Å².